The summed E-state index contributed by atoms with van der Waals surface area (Å²) in [5.74, 6) is 0.745. The van der Waals surface area contributed by atoms with Gasteiger partial charge in [-0.15, -0.1) is 0 Å². The van der Waals surface area contributed by atoms with E-state index >= 15 is 0 Å². The van der Waals surface area contributed by atoms with Crippen molar-refractivity contribution in [2.24, 2.45) is 0 Å². The molecule has 3 rings (SSSR count). The summed E-state index contributed by atoms with van der Waals surface area (Å²) >= 11 is 0. The van der Waals surface area contributed by atoms with Gasteiger partial charge in [-0.1, -0.05) is 12.1 Å². The molecule has 1 aliphatic heterocycles. The molecule has 8 heteroatoms. The number of hydrogen-bond donors (Lipinski definition) is 1. The minimum absolute atomic E-state index is 0.110. The van der Waals surface area contributed by atoms with Crippen LogP contribution < -0.4 is 5.32 Å². The monoisotopic (exact) mass is 319 g/mol. The molecule has 0 aliphatic carbocycles. The van der Waals surface area contributed by atoms with E-state index in [-0.39, 0.29) is 18.6 Å². The van der Waals surface area contributed by atoms with Gasteiger partial charge in [-0.05, 0) is 26.2 Å². The molecule has 1 atom stereocenters. The lowest BCUT2D eigenvalue weighted by atomic mass is 10.2. The Morgan fingerprint density at radius 2 is 2.39 bits per heavy atom. The second-order valence-electron chi connectivity index (χ2n) is 5.62. The van der Waals surface area contributed by atoms with Crippen LogP contribution in [0.5, 0.6) is 0 Å². The molecule has 1 saturated heterocycles. The van der Waals surface area contributed by atoms with E-state index in [1.54, 1.807) is 10.9 Å². The lowest BCUT2D eigenvalue weighted by Crippen LogP contribution is -2.23. The van der Waals surface area contributed by atoms with Crippen molar-refractivity contribution in [1.29, 1.82) is 0 Å². The Kier molecular flexibility index (Phi) is 4.71. The molecule has 0 spiro atoms. The summed E-state index contributed by atoms with van der Waals surface area (Å²) < 4.78 is 12.5. The smallest absolute Gasteiger partial charge is 0.255 e. The third kappa shape index (κ3) is 3.58. The molecule has 0 radical (unpaired) electrons. The summed E-state index contributed by atoms with van der Waals surface area (Å²) in [5.41, 5.74) is 1.28. The van der Waals surface area contributed by atoms with E-state index in [0.29, 0.717) is 23.0 Å². The van der Waals surface area contributed by atoms with Crippen LogP contribution in [0.2, 0.25) is 0 Å². The van der Waals surface area contributed by atoms with Gasteiger partial charge in [0.05, 0.1) is 17.8 Å². The van der Waals surface area contributed by atoms with E-state index < -0.39 is 0 Å². The summed E-state index contributed by atoms with van der Waals surface area (Å²) in [7, 11) is 0. The number of rotatable bonds is 6. The maximum absolute atomic E-state index is 12.2. The summed E-state index contributed by atoms with van der Waals surface area (Å²) in [6.07, 6.45) is 4.52. The zero-order valence-electron chi connectivity index (χ0n) is 13.4. The maximum Gasteiger partial charge on any atom is 0.255 e. The van der Waals surface area contributed by atoms with Crippen LogP contribution in [0.15, 0.2) is 10.7 Å². The van der Waals surface area contributed by atoms with Gasteiger partial charge in [0.15, 0.2) is 5.82 Å². The zero-order chi connectivity index (χ0) is 16.2. The number of aryl methyl sites for hydroxylation is 2. The van der Waals surface area contributed by atoms with E-state index in [2.05, 4.69) is 27.5 Å². The molecule has 23 heavy (non-hydrogen) atoms. The van der Waals surface area contributed by atoms with Gasteiger partial charge in [-0.25, -0.2) is 0 Å². The number of ether oxygens (including phenoxy) is 1. The largest absolute Gasteiger partial charge is 0.368 e. The molecule has 0 aromatic carbocycles. The van der Waals surface area contributed by atoms with Gasteiger partial charge in [-0.3, -0.25) is 9.48 Å². The molecule has 2 aromatic rings. The average molecular weight is 319 g/mol. The predicted molar refractivity (Wildman–Crippen MR) is 80.7 cm³/mol. The molecule has 1 N–H and O–H groups in total. The fourth-order valence-corrected chi connectivity index (χ4v) is 2.58. The van der Waals surface area contributed by atoms with Crippen LogP contribution in [0.3, 0.4) is 0 Å². The van der Waals surface area contributed by atoms with Crippen molar-refractivity contribution in [3.63, 3.8) is 0 Å². The van der Waals surface area contributed by atoms with Crippen LogP contribution in [0, 0.1) is 6.92 Å². The van der Waals surface area contributed by atoms with Crippen LogP contribution in [0.25, 0.3) is 0 Å². The van der Waals surface area contributed by atoms with Crippen molar-refractivity contribution in [2.45, 2.75) is 52.3 Å². The van der Waals surface area contributed by atoms with Crippen molar-refractivity contribution >= 4 is 5.91 Å². The highest BCUT2D eigenvalue weighted by atomic mass is 16.5. The van der Waals surface area contributed by atoms with Gasteiger partial charge < -0.3 is 14.6 Å². The number of aromatic nitrogens is 4. The first kappa shape index (κ1) is 15.7. The fourth-order valence-electron chi connectivity index (χ4n) is 2.58. The molecule has 3 heterocycles. The summed E-state index contributed by atoms with van der Waals surface area (Å²) in [6.45, 7) is 5.63. The van der Waals surface area contributed by atoms with Crippen LogP contribution in [-0.4, -0.2) is 32.4 Å². The Balaban J connectivity index is 1.58. The first-order valence-corrected chi connectivity index (χ1v) is 7.93. The van der Waals surface area contributed by atoms with Gasteiger partial charge in [0.1, 0.15) is 6.10 Å². The van der Waals surface area contributed by atoms with Crippen LogP contribution in [-0.2, 0) is 17.8 Å². The second-order valence-corrected chi connectivity index (χ2v) is 5.62. The Morgan fingerprint density at radius 1 is 1.52 bits per heavy atom. The maximum atomic E-state index is 12.2. The van der Waals surface area contributed by atoms with E-state index in [0.717, 1.165) is 32.4 Å². The van der Waals surface area contributed by atoms with Crippen molar-refractivity contribution in [3.8, 4) is 0 Å². The summed E-state index contributed by atoms with van der Waals surface area (Å²) in [5, 5.41) is 11.0. The Morgan fingerprint density at radius 3 is 3.13 bits per heavy atom. The SMILES string of the molecule is CCCn1cc(C(=O)NCc2noc([C@@H]3CCCO3)n2)c(C)n1. The second kappa shape index (κ2) is 6.91. The third-order valence-corrected chi connectivity index (χ3v) is 3.74. The number of hydrogen-bond acceptors (Lipinski definition) is 6. The van der Waals surface area contributed by atoms with Crippen LogP contribution in [0.4, 0.5) is 0 Å². The number of carbonyl (C=O) groups is 1. The van der Waals surface area contributed by atoms with E-state index in [4.69, 9.17) is 9.26 Å². The van der Waals surface area contributed by atoms with E-state index in [1.807, 2.05) is 6.92 Å². The molecular weight excluding hydrogens is 298 g/mol. The highest BCUT2D eigenvalue weighted by Crippen LogP contribution is 2.26. The van der Waals surface area contributed by atoms with Crippen LogP contribution in [0.1, 0.15) is 60.1 Å². The Bertz CT molecular complexity index is 672. The minimum Gasteiger partial charge on any atom is -0.368 e. The first-order valence-electron chi connectivity index (χ1n) is 7.93. The van der Waals surface area contributed by atoms with Crippen LogP contribution >= 0.6 is 0 Å². The van der Waals surface area contributed by atoms with E-state index in [1.165, 1.54) is 0 Å². The summed E-state index contributed by atoms with van der Waals surface area (Å²) in [4.78, 5) is 16.5. The molecule has 1 aliphatic rings. The first-order chi connectivity index (χ1) is 11.2. The quantitative estimate of drug-likeness (QED) is 0.872. The Labute approximate surface area is 134 Å². The third-order valence-electron chi connectivity index (χ3n) is 3.74. The fraction of sp³-hybridized carbons (Fsp3) is 0.600. The van der Waals surface area contributed by atoms with Crippen molar-refractivity contribution in [1.82, 2.24) is 25.2 Å². The van der Waals surface area contributed by atoms with Crippen molar-refractivity contribution < 1.29 is 14.1 Å². The van der Waals surface area contributed by atoms with Crippen molar-refractivity contribution in [2.75, 3.05) is 6.61 Å². The molecule has 2 aromatic heterocycles. The Hall–Kier alpha value is -2.22. The van der Waals surface area contributed by atoms with Gasteiger partial charge in [-0.2, -0.15) is 10.1 Å². The highest BCUT2D eigenvalue weighted by molar-refractivity contribution is 5.94. The minimum atomic E-state index is -0.187. The zero-order valence-corrected chi connectivity index (χ0v) is 13.4. The number of amides is 1. The predicted octanol–water partition coefficient (Wildman–Crippen LogP) is 1.77. The number of nitrogens with one attached hydrogen (secondary N) is 1. The average Bonchev–Trinajstić information content (AvgIpc) is 3.25. The molecular formula is C15H21N5O3. The molecule has 1 amide bonds. The number of nitrogens with zero attached hydrogens (tertiary/aromatic N) is 4. The molecule has 0 bridgehead atoms. The summed E-state index contributed by atoms with van der Waals surface area (Å²) in [6, 6.07) is 0. The molecule has 1 fully saturated rings. The number of carbonyl (C=O) groups excluding carboxylic acids is 1. The van der Waals surface area contributed by atoms with Gasteiger partial charge in [0.25, 0.3) is 11.8 Å². The standard InChI is InChI=1S/C15H21N5O3/c1-3-6-20-9-11(10(2)18-20)14(21)16-8-13-17-15(23-19-13)12-5-4-7-22-12/h9,12H,3-8H2,1-2H3,(H,16,21)/t12-/m0/s1. The lowest BCUT2D eigenvalue weighted by molar-refractivity contribution is 0.0835. The lowest BCUT2D eigenvalue weighted by Gasteiger charge is -2.01. The van der Waals surface area contributed by atoms with Gasteiger partial charge in [0.2, 0.25) is 0 Å². The van der Waals surface area contributed by atoms with Gasteiger partial charge in [0, 0.05) is 19.3 Å². The van der Waals surface area contributed by atoms with E-state index in [9.17, 15) is 4.79 Å². The normalized spacial score (nSPS) is 17.6. The van der Waals surface area contributed by atoms with Gasteiger partial charge >= 0.3 is 0 Å². The topological polar surface area (TPSA) is 95.1 Å². The molecule has 124 valence electrons. The molecule has 0 saturated carbocycles. The molecule has 0 unspecified atom stereocenters. The van der Waals surface area contributed by atoms with Crippen molar-refractivity contribution in [3.05, 3.63) is 29.2 Å². The highest BCUT2D eigenvalue weighted by Gasteiger charge is 2.24. The molecule has 8 nitrogen and oxygen atoms in total.